The molecule has 2 aromatic rings. The lowest BCUT2D eigenvalue weighted by Crippen LogP contribution is -2.13. The Hall–Kier alpha value is -1.33. The van der Waals surface area contributed by atoms with E-state index in [9.17, 15) is 9.50 Å². The molecule has 1 aliphatic rings. The number of aliphatic hydroxyl groups is 1. The molecular formula is C12H11FN2OS. The lowest BCUT2D eigenvalue weighted by molar-refractivity contribution is 0.175. The molecule has 88 valence electrons. The summed E-state index contributed by atoms with van der Waals surface area (Å²) >= 11 is 1.51. The zero-order valence-corrected chi connectivity index (χ0v) is 9.75. The molecule has 1 aromatic carbocycles. The second-order valence-corrected chi connectivity index (χ2v) is 5.30. The highest BCUT2D eigenvalue weighted by Crippen LogP contribution is 2.45. The van der Waals surface area contributed by atoms with Gasteiger partial charge in [-0.1, -0.05) is 6.07 Å². The molecule has 0 bridgehead atoms. The number of aliphatic hydroxyl groups excluding tert-OH is 1. The van der Waals surface area contributed by atoms with Crippen molar-refractivity contribution in [3.8, 4) is 0 Å². The molecule has 0 aliphatic carbocycles. The average molecular weight is 250 g/mol. The van der Waals surface area contributed by atoms with Gasteiger partial charge in [-0.25, -0.2) is 9.37 Å². The van der Waals surface area contributed by atoms with Gasteiger partial charge < -0.3 is 10.1 Å². The van der Waals surface area contributed by atoms with E-state index in [1.807, 2.05) is 0 Å². The summed E-state index contributed by atoms with van der Waals surface area (Å²) in [6.45, 7) is 0. The maximum Gasteiger partial charge on any atom is 0.124 e. The third-order valence-electron chi connectivity index (χ3n) is 2.87. The second-order valence-electron chi connectivity index (χ2n) is 4.02. The minimum atomic E-state index is -0.555. The van der Waals surface area contributed by atoms with Gasteiger partial charge in [0.25, 0.3) is 0 Å². The van der Waals surface area contributed by atoms with Crippen LogP contribution >= 0.6 is 11.8 Å². The van der Waals surface area contributed by atoms with Crippen LogP contribution in [0.3, 0.4) is 0 Å². The highest BCUT2D eigenvalue weighted by Gasteiger charge is 2.32. The molecule has 0 spiro atoms. The maximum absolute atomic E-state index is 13.1. The number of rotatable bonds is 2. The first-order chi connectivity index (χ1) is 8.24. The number of aromatic nitrogens is 2. The van der Waals surface area contributed by atoms with E-state index in [0.29, 0.717) is 6.42 Å². The van der Waals surface area contributed by atoms with E-state index >= 15 is 0 Å². The van der Waals surface area contributed by atoms with E-state index in [2.05, 4.69) is 9.97 Å². The van der Waals surface area contributed by atoms with Crippen molar-refractivity contribution in [1.82, 2.24) is 9.97 Å². The highest BCUT2D eigenvalue weighted by molar-refractivity contribution is 8.00. The molecule has 1 aliphatic heterocycles. The van der Waals surface area contributed by atoms with Crippen molar-refractivity contribution < 1.29 is 9.50 Å². The lowest BCUT2D eigenvalue weighted by atomic mass is 10.0. The number of H-pyrrole nitrogens is 1. The van der Waals surface area contributed by atoms with Crippen molar-refractivity contribution >= 4 is 11.8 Å². The van der Waals surface area contributed by atoms with Gasteiger partial charge in [-0.2, -0.15) is 0 Å². The summed E-state index contributed by atoms with van der Waals surface area (Å²) in [6.07, 6.45) is 3.54. The Kier molecular flexibility index (Phi) is 2.64. The summed E-state index contributed by atoms with van der Waals surface area (Å²) < 4.78 is 13.1. The van der Waals surface area contributed by atoms with Crippen LogP contribution in [0.2, 0.25) is 0 Å². The van der Waals surface area contributed by atoms with E-state index in [0.717, 1.165) is 16.3 Å². The standard InChI is InChI=1S/C12H11FN2OS/c13-7-1-2-8-9(5-7)17-10(12(8)16)6-11-14-3-4-15-11/h1-5,10,12,16H,6H2,(H,14,15)/t10-,12-/m1/s1. The summed E-state index contributed by atoms with van der Waals surface area (Å²) in [5.41, 5.74) is 0.813. The molecule has 0 radical (unpaired) electrons. The van der Waals surface area contributed by atoms with Crippen molar-refractivity contribution in [3.05, 3.63) is 47.8 Å². The molecule has 5 heteroatoms. The predicted octanol–water partition coefficient (Wildman–Crippen LogP) is 2.30. The number of nitrogens with one attached hydrogen (secondary N) is 1. The lowest BCUT2D eigenvalue weighted by Gasteiger charge is -2.12. The van der Waals surface area contributed by atoms with Gasteiger partial charge in [0.15, 0.2) is 0 Å². The van der Waals surface area contributed by atoms with E-state index < -0.39 is 6.10 Å². The van der Waals surface area contributed by atoms with E-state index in [1.54, 1.807) is 18.5 Å². The highest BCUT2D eigenvalue weighted by atomic mass is 32.2. The Labute approximate surface area is 102 Å². The monoisotopic (exact) mass is 250 g/mol. The molecule has 0 fully saturated rings. The van der Waals surface area contributed by atoms with Crippen LogP contribution < -0.4 is 0 Å². The molecule has 2 heterocycles. The molecule has 3 nitrogen and oxygen atoms in total. The minimum absolute atomic E-state index is 0.00190. The number of halogens is 1. The van der Waals surface area contributed by atoms with Crippen molar-refractivity contribution in [3.63, 3.8) is 0 Å². The fourth-order valence-electron chi connectivity index (χ4n) is 2.04. The normalized spacial score (nSPS) is 22.7. The van der Waals surface area contributed by atoms with Gasteiger partial charge in [-0.05, 0) is 17.7 Å². The molecule has 0 amide bonds. The zero-order valence-electron chi connectivity index (χ0n) is 8.93. The number of imidazole rings is 1. The number of hydrogen-bond donors (Lipinski definition) is 2. The van der Waals surface area contributed by atoms with Gasteiger partial charge in [0.1, 0.15) is 11.6 Å². The van der Waals surface area contributed by atoms with Crippen molar-refractivity contribution in [2.75, 3.05) is 0 Å². The Morgan fingerprint density at radius 3 is 3.12 bits per heavy atom. The number of aromatic amines is 1. The zero-order chi connectivity index (χ0) is 11.8. The first kappa shape index (κ1) is 10.8. The van der Waals surface area contributed by atoms with Crippen LogP contribution in [0.15, 0.2) is 35.5 Å². The van der Waals surface area contributed by atoms with Crippen LogP contribution in [0.5, 0.6) is 0 Å². The topological polar surface area (TPSA) is 48.9 Å². The second kappa shape index (κ2) is 4.16. The Balaban J connectivity index is 1.83. The predicted molar refractivity (Wildman–Crippen MR) is 63.3 cm³/mol. The molecule has 17 heavy (non-hydrogen) atoms. The van der Waals surface area contributed by atoms with Crippen LogP contribution in [0.25, 0.3) is 0 Å². The average Bonchev–Trinajstić information content (AvgIpc) is 2.89. The smallest absolute Gasteiger partial charge is 0.124 e. The van der Waals surface area contributed by atoms with Gasteiger partial charge >= 0.3 is 0 Å². The molecule has 0 saturated carbocycles. The van der Waals surface area contributed by atoms with Crippen molar-refractivity contribution in [1.29, 1.82) is 0 Å². The van der Waals surface area contributed by atoms with Crippen molar-refractivity contribution in [2.45, 2.75) is 22.7 Å². The number of fused-ring (bicyclic) bond motifs is 1. The number of hydrogen-bond acceptors (Lipinski definition) is 3. The summed E-state index contributed by atoms with van der Waals surface area (Å²) in [5, 5.41) is 10.1. The fraction of sp³-hybridized carbons (Fsp3) is 0.250. The van der Waals surface area contributed by atoms with Gasteiger partial charge in [0, 0.05) is 29.0 Å². The molecular weight excluding hydrogens is 239 g/mol. The van der Waals surface area contributed by atoms with Crippen molar-refractivity contribution in [2.24, 2.45) is 0 Å². The van der Waals surface area contributed by atoms with E-state index in [-0.39, 0.29) is 11.1 Å². The number of thioether (sulfide) groups is 1. The third kappa shape index (κ3) is 1.96. The number of benzene rings is 1. The Bertz CT molecular complexity index is 529. The maximum atomic E-state index is 13.1. The first-order valence-electron chi connectivity index (χ1n) is 5.36. The quantitative estimate of drug-likeness (QED) is 0.859. The van der Waals surface area contributed by atoms with E-state index in [4.69, 9.17) is 0 Å². The van der Waals surface area contributed by atoms with Gasteiger partial charge in [0.05, 0.1) is 6.10 Å². The Morgan fingerprint density at radius 1 is 1.47 bits per heavy atom. The van der Waals surface area contributed by atoms with Crippen LogP contribution in [-0.2, 0) is 6.42 Å². The van der Waals surface area contributed by atoms with E-state index in [1.165, 1.54) is 23.9 Å². The summed E-state index contributed by atoms with van der Waals surface area (Å²) in [6, 6.07) is 4.52. The fourth-order valence-corrected chi connectivity index (χ4v) is 3.38. The third-order valence-corrected chi connectivity index (χ3v) is 4.21. The molecule has 2 N–H and O–H groups in total. The molecule has 0 saturated heterocycles. The molecule has 1 aromatic heterocycles. The van der Waals surface area contributed by atoms with Crippen LogP contribution in [0, 0.1) is 5.82 Å². The minimum Gasteiger partial charge on any atom is -0.387 e. The SMILES string of the molecule is O[C@@H]1c2ccc(F)cc2S[C@@H]1Cc1ncc[nH]1. The van der Waals surface area contributed by atoms with Crippen LogP contribution in [0.4, 0.5) is 4.39 Å². The molecule has 0 unspecified atom stereocenters. The van der Waals surface area contributed by atoms with Gasteiger partial charge in [-0.3, -0.25) is 0 Å². The summed E-state index contributed by atoms with van der Waals surface area (Å²) in [7, 11) is 0. The van der Waals surface area contributed by atoms with Crippen LogP contribution in [-0.4, -0.2) is 20.3 Å². The largest absolute Gasteiger partial charge is 0.387 e. The Morgan fingerprint density at radius 2 is 2.35 bits per heavy atom. The molecule has 2 atom stereocenters. The summed E-state index contributed by atoms with van der Waals surface area (Å²) in [4.78, 5) is 7.98. The van der Waals surface area contributed by atoms with Gasteiger partial charge in [0.2, 0.25) is 0 Å². The van der Waals surface area contributed by atoms with Gasteiger partial charge in [-0.15, -0.1) is 11.8 Å². The molecule has 3 rings (SSSR count). The number of nitrogens with zero attached hydrogens (tertiary/aromatic N) is 1. The first-order valence-corrected chi connectivity index (χ1v) is 6.24. The van der Waals surface area contributed by atoms with Crippen LogP contribution in [0.1, 0.15) is 17.5 Å². The summed E-state index contributed by atoms with van der Waals surface area (Å²) in [5.74, 6) is 0.580.